The second-order valence-corrected chi connectivity index (χ2v) is 4.79. The van der Waals surface area contributed by atoms with Crippen LogP contribution in [-0.4, -0.2) is 19.3 Å². The Morgan fingerprint density at radius 2 is 2.00 bits per heavy atom. The first-order valence-electron chi connectivity index (χ1n) is 6.87. The molecule has 3 heteroatoms. The van der Waals surface area contributed by atoms with Gasteiger partial charge in [0.05, 0.1) is 6.61 Å². The molecule has 0 saturated heterocycles. The molecule has 0 aliphatic carbocycles. The number of hydrogen-bond donors (Lipinski definition) is 1. The van der Waals surface area contributed by atoms with Crippen LogP contribution >= 0.6 is 0 Å². The van der Waals surface area contributed by atoms with Gasteiger partial charge in [0.15, 0.2) is 11.5 Å². The Labute approximate surface area is 116 Å². The summed E-state index contributed by atoms with van der Waals surface area (Å²) in [4.78, 5) is 0. The van der Waals surface area contributed by atoms with Gasteiger partial charge in [-0.2, -0.15) is 0 Å². The Morgan fingerprint density at radius 3 is 2.58 bits per heavy atom. The van der Waals surface area contributed by atoms with Crippen LogP contribution in [0.4, 0.5) is 0 Å². The van der Waals surface area contributed by atoms with Crippen molar-refractivity contribution in [3.8, 4) is 11.5 Å². The van der Waals surface area contributed by atoms with Gasteiger partial charge in [0.1, 0.15) is 6.61 Å². The van der Waals surface area contributed by atoms with E-state index in [4.69, 9.17) is 15.2 Å². The van der Waals surface area contributed by atoms with Crippen molar-refractivity contribution in [2.75, 3.05) is 13.2 Å². The summed E-state index contributed by atoms with van der Waals surface area (Å²) >= 11 is 0. The quantitative estimate of drug-likeness (QED) is 0.732. The van der Waals surface area contributed by atoms with E-state index in [1.54, 1.807) is 0 Å². The summed E-state index contributed by atoms with van der Waals surface area (Å²) in [5.74, 6) is 1.55. The van der Waals surface area contributed by atoms with Gasteiger partial charge in [0, 0.05) is 6.04 Å². The Hall–Kier alpha value is -1.48. The van der Waals surface area contributed by atoms with Crippen LogP contribution in [0.2, 0.25) is 0 Å². The molecule has 3 nitrogen and oxygen atoms in total. The molecule has 1 rings (SSSR count). The molecule has 106 valence electrons. The van der Waals surface area contributed by atoms with Crippen LogP contribution in [0.15, 0.2) is 30.4 Å². The third-order valence-electron chi connectivity index (χ3n) is 2.80. The summed E-state index contributed by atoms with van der Waals surface area (Å²) in [7, 11) is 0. The fraction of sp³-hybridized carbons (Fsp3) is 0.500. The van der Waals surface area contributed by atoms with E-state index in [0.29, 0.717) is 13.2 Å². The topological polar surface area (TPSA) is 44.5 Å². The summed E-state index contributed by atoms with van der Waals surface area (Å²) in [6.07, 6.45) is 1.76. The van der Waals surface area contributed by atoms with Gasteiger partial charge in [-0.05, 0) is 50.0 Å². The number of nitrogens with two attached hydrogens (primary N) is 1. The van der Waals surface area contributed by atoms with Crippen molar-refractivity contribution in [3.05, 3.63) is 35.9 Å². The minimum atomic E-state index is 0.140. The Kier molecular flexibility index (Phi) is 6.43. The molecule has 1 unspecified atom stereocenters. The van der Waals surface area contributed by atoms with Crippen molar-refractivity contribution in [2.45, 2.75) is 39.7 Å². The normalized spacial score (nSPS) is 12.0. The van der Waals surface area contributed by atoms with Crippen molar-refractivity contribution in [2.24, 2.45) is 5.73 Å². The van der Waals surface area contributed by atoms with Gasteiger partial charge in [-0.1, -0.05) is 19.6 Å². The van der Waals surface area contributed by atoms with Crippen LogP contribution in [0.1, 0.15) is 32.8 Å². The molecule has 1 aromatic carbocycles. The average molecular weight is 263 g/mol. The zero-order chi connectivity index (χ0) is 14.3. The molecule has 0 aliphatic rings. The molecule has 19 heavy (non-hydrogen) atoms. The number of benzene rings is 1. The lowest BCUT2D eigenvalue weighted by molar-refractivity contribution is 0.291. The van der Waals surface area contributed by atoms with Gasteiger partial charge in [0.2, 0.25) is 0 Å². The molecule has 0 radical (unpaired) electrons. The standard InChI is InChI=1S/C16H25NO2/c1-5-12(3)11-19-15-8-7-14(9-13(4)17)10-16(15)18-6-2/h7-8,10,13H,3,5-6,9,11,17H2,1-2,4H3. The van der Waals surface area contributed by atoms with Crippen LogP contribution in [0.25, 0.3) is 0 Å². The van der Waals surface area contributed by atoms with Crippen molar-refractivity contribution < 1.29 is 9.47 Å². The lowest BCUT2D eigenvalue weighted by Gasteiger charge is -2.14. The predicted molar refractivity (Wildman–Crippen MR) is 79.9 cm³/mol. The van der Waals surface area contributed by atoms with E-state index in [1.165, 1.54) is 5.56 Å². The fourth-order valence-corrected chi connectivity index (χ4v) is 1.72. The molecule has 2 N–H and O–H groups in total. The molecule has 1 atom stereocenters. The molecule has 0 aromatic heterocycles. The molecule has 0 heterocycles. The summed E-state index contributed by atoms with van der Waals surface area (Å²) in [6.45, 7) is 11.1. The van der Waals surface area contributed by atoms with Gasteiger partial charge < -0.3 is 15.2 Å². The van der Waals surface area contributed by atoms with Crippen LogP contribution in [0.3, 0.4) is 0 Å². The largest absolute Gasteiger partial charge is 0.490 e. The van der Waals surface area contributed by atoms with Crippen LogP contribution < -0.4 is 15.2 Å². The Morgan fingerprint density at radius 1 is 1.26 bits per heavy atom. The van der Waals surface area contributed by atoms with Gasteiger partial charge in [0.25, 0.3) is 0 Å². The lowest BCUT2D eigenvalue weighted by Crippen LogP contribution is -2.17. The highest BCUT2D eigenvalue weighted by Gasteiger charge is 2.08. The van der Waals surface area contributed by atoms with E-state index < -0.39 is 0 Å². The molecule has 0 spiro atoms. The predicted octanol–water partition coefficient (Wildman–Crippen LogP) is 3.32. The minimum absolute atomic E-state index is 0.140. The zero-order valence-electron chi connectivity index (χ0n) is 12.2. The Balaban J connectivity index is 2.81. The van der Waals surface area contributed by atoms with E-state index in [-0.39, 0.29) is 6.04 Å². The molecule has 0 aliphatic heterocycles. The van der Waals surface area contributed by atoms with Gasteiger partial charge in [-0.15, -0.1) is 0 Å². The fourth-order valence-electron chi connectivity index (χ4n) is 1.72. The van der Waals surface area contributed by atoms with Crippen LogP contribution in [-0.2, 0) is 6.42 Å². The third-order valence-corrected chi connectivity index (χ3v) is 2.80. The van der Waals surface area contributed by atoms with E-state index in [9.17, 15) is 0 Å². The van der Waals surface area contributed by atoms with Crippen LogP contribution in [0.5, 0.6) is 11.5 Å². The second-order valence-electron chi connectivity index (χ2n) is 4.79. The molecule has 0 bridgehead atoms. The first-order chi connectivity index (χ1) is 9.06. The number of rotatable bonds is 8. The van der Waals surface area contributed by atoms with Crippen LogP contribution in [0, 0.1) is 0 Å². The summed E-state index contributed by atoms with van der Waals surface area (Å²) < 4.78 is 11.4. The molecular formula is C16H25NO2. The molecule has 0 amide bonds. The first kappa shape index (κ1) is 15.6. The minimum Gasteiger partial charge on any atom is -0.490 e. The number of hydrogen-bond acceptors (Lipinski definition) is 3. The highest BCUT2D eigenvalue weighted by molar-refractivity contribution is 5.43. The average Bonchev–Trinajstić information content (AvgIpc) is 2.37. The van der Waals surface area contributed by atoms with Gasteiger partial charge in [-0.25, -0.2) is 0 Å². The summed E-state index contributed by atoms with van der Waals surface area (Å²) in [5, 5.41) is 0. The maximum Gasteiger partial charge on any atom is 0.161 e. The molecular weight excluding hydrogens is 238 g/mol. The molecule has 0 saturated carbocycles. The maximum absolute atomic E-state index is 5.82. The smallest absolute Gasteiger partial charge is 0.161 e. The number of ether oxygens (including phenoxy) is 2. The first-order valence-corrected chi connectivity index (χ1v) is 6.87. The van der Waals surface area contributed by atoms with E-state index in [2.05, 4.69) is 13.5 Å². The van der Waals surface area contributed by atoms with Crippen molar-refractivity contribution in [3.63, 3.8) is 0 Å². The van der Waals surface area contributed by atoms with Gasteiger partial charge in [-0.3, -0.25) is 0 Å². The third kappa shape index (κ3) is 5.35. The molecule has 1 aromatic rings. The van der Waals surface area contributed by atoms with E-state index >= 15 is 0 Å². The second kappa shape index (κ2) is 7.85. The SMILES string of the molecule is C=C(CC)COc1ccc(CC(C)N)cc1OCC. The summed E-state index contributed by atoms with van der Waals surface area (Å²) in [5.41, 5.74) is 8.06. The van der Waals surface area contributed by atoms with E-state index in [0.717, 1.165) is 29.9 Å². The Bertz CT molecular complexity index is 413. The summed E-state index contributed by atoms with van der Waals surface area (Å²) in [6, 6.07) is 6.14. The highest BCUT2D eigenvalue weighted by atomic mass is 16.5. The van der Waals surface area contributed by atoms with E-state index in [1.807, 2.05) is 32.0 Å². The lowest BCUT2D eigenvalue weighted by atomic mass is 10.1. The zero-order valence-corrected chi connectivity index (χ0v) is 12.2. The monoisotopic (exact) mass is 263 g/mol. The van der Waals surface area contributed by atoms with Crippen molar-refractivity contribution in [1.29, 1.82) is 0 Å². The van der Waals surface area contributed by atoms with Gasteiger partial charge >= 0.3 is 0 Å². The molecule has 0 fully saturated rings. The van der Waals surface area contributed by atoms with Crippen molar-refractivity contribution >= 4 is 0 Å². The highest BCUT2D eigenvalue weighted by Crippen LogP contribution is 2.29. The maximum atomic E-state index is 5.82. The van der Waals surface area contributed by atoms with Crippen molar-refractivity contribution in [1.82, 2.24) is 0 Å².